The van der Waals surface area contributed by atoms with E-state index < -0.39 is 21.9 Å². The van der Waals surface area contributed by atoms with Crippen molar-refractivity contribution in [1.82, 2.24) is 19.6 Å². The zero-order chi connectivity index (χ0) is 24.1. The highest BCUT2D eigenvalue weighted by atomic mass is 32.2. The van der Waals surface area contributed by atoms with Gasteiger partial charge in [0.15, 0.2) is 0 Å². The van der Waals surface area contributed by atoms with Crippen LogP contribution < -0.4 is 11.1 Å². The van der Waals surface area contributed by atoms with Gasteiger partial charge in [0.05, 0.1) is 29.1 Å². The molecule has 2 fully saturated rings. The monoisotopic (exact) mass is 485 g/mol. The van der Waals surface area contributed by atoms with Crippen molar-refractivity contribution in [3.8, 4) is 22.4 Å². The number of nitrogens with two attached hydrogens (primary N) is 1. The van der Waals surface area contributed by atoms with Crippen molar-refractivity contribution in [2.45, 2.75) is 30.3 Å². The predicted molar refractivity (Wildman–Crippen MR) is 129 cm³/mol. The summed E-state index contributed by atoms with van der Waals surface area (Å²) in [6.07, 6.45) is 5.22. The van der Waals surface area contributed by atoms with Gasteiger partial charge in [-0.05, 0) is 56.1 Å². The molecule has 5 rings (SSSR count). The maximum Gasteiger partial charge on any atom is 0.243 e. The number of rotatable bonds is 4. The molecular formula is C24H28FN5O3S. The molecule has 2 saturated heterocycles. The summed E-state index contributed by atoms with van der Waals surface area (Å²) in [5.74, 6) is -0.317. The van der Waals surface area contributed by atoms with E-state index >= 15 is 0 Å². The minimum Gasteiger partial charge on any atom is -0.392 e. The summed E-state index contributed by atoms with van der Waals surface area (Å²) in [7, 11) is -3.82. The molecule has 8 nitrogen and oxygen atoms in total. The molecule has 3 aromatic rings. The number of hydrogen-bond acceptors (Lipinski definition) is 7. The molecule has 0 aliphatic carbocycles. The van der Waals surface area contributed by atoms with Crippen LogP contribution in [-0.4, -0.2) is 60.1 Å². The lowest BCUT2D eigenvalue weighted by atomic mass is 10.0. The summed E-state index contributed by atoms with van der Waals surface area (Å²) in [4.78, 5) is 8.07. The van der Waals surface area contributed by atoms with Crippen molar-refractivity contribution < 1.29 is 17.9 Å². The van der Waals surface area contributed by atoms with Crippen LogP contribution in [-0.2, 0) is 10.0 Å². The van der Waals surface area contributed by atoms with Crippen molar-refractivity contribution in [3.05, 3.63) is 60.7 Å². The number of aliphatic hydroxyl groups excluding tert-OH is 1. The second-order valence-corrected chi connectivity index (χ2v) is 10.2. The van der Waals surface area contributed by atoms with Crippen molar-refractivity contribution in [2.75, 3.05) is 31.9 Å². The van der Waals surface area contributed by atoms with E-state index in [2.05, 4.69) is 15.3 Å². The number of β-amino-alcohol motifs (C(OH)–C–C–N with tert-alkyl or cyclic N) is 1. The molecule has 0 spiro atoms. The minimum absolute atomic E-state index is 0.0553. The number of anilines is 1. The van der Waals surface area contributed by atoms with Gasteiger partial charge in [-0.15, -0.1) is 0 Å². The van der Waals surface area contributed by atoms with Gasteiger partial charge in [-0.3, -0.25) is 4.98 Å². The Morgan fingerprint density at radius 2 is 1.82 bits per heavy atom. The smallest absolute Gasteiger partial charge is 0.243 e. The van der Waals surface area contributed by atoms with Crippen LogP contribution >= 0.6 is 0 Å². The summed E-state index contributed by atoms with van der Waals surface area (Å²) in [6, 6.07) is 10.9. The van der Waals surface area contributed by atoms with E-state index in [0.717, 1.165) is 0 Å². The Morgan fingerprint density at radius 1 is 1.06 bits per heavy atom. The molecule has 4 N–H and O–H groups in total. The van der Waals surface area contributed by atoms with Crippen molar-refractivity contribution >= 4 is 15.8 Å². The van der Waals surface area contributed by atoms with Gasteiger partial charge in [-0.2, -0.15) is 4.31 Å². The highest BCUT2D eigenvalue weighted by Crippen LogP contribution is 2.33. The summed E-state index contributed by atoms with van der Waals surface area (Å²) >= 11 is 0. The summed E-state index contributed by atoms with van der Waals surface area (Å²) in [5, 5.41) is 12.9. The molecule has 2 aliphatic rings. The number of nitrogens with zero attached hydrogens (tertiary/aromatic N) is 3. The van der Waals surface area contributed by atoms with Gasteiger partial charge in [0.25, 0.3) is 0 Å². The third kappa shape index (κ3) is 5.41. The first-order valence-electron chi connectivity index (χ1n) is 11.2. The quantitative estimate of drug-likeness (QED) is 0.519. The first-order valence-corrected chi connectivity index (χ1v) is 12.7. The van der Waals surface area contributed by atoms with E-state index in [1.54, 1.807) is 24.3 Å². The van der Waals surface area contributed by atoms with Gasteiger partial charge in [-0.1, -0.05) is 24.3 Å². The Morgan fingerprint density at radius 3 is 2.41 bits per heavy atom. The Kier molecular flexibility index (Phi) is 7.52. The number of nitrogen functional groups attached to an aromatic ring is 1. The van der Waals surface area contributed by atoms with Gasteiger partial charge in [0.1, 0.15) is 11.6 Å². The molecule has 0 saturated carbocycles. The van der Waals surface area contributed by atoms with Crippen molar-refractivity contribution in [2.24, 2.45) is 0 Å². The maximum absolute atomic E-state index is 14.8. The van der Waals surface area contributed by atoms with E-state index in [4.69, 9.17) is 5.73 Å². The molecule has 2 aromatic carbocycles. The third-order valence-electron chi connectivity index (χ3n) is 5.82. The van der Waals surface area contributed by atoms with E-state index in [1.807, 2.05) is 0 Å². The van der Waals surface area contributed by atoms with Crippen LogP contribution in [0.4, 0.5) is 10.2 Å². The predicted octanol–water partition coefficient (Wildman–Crippen LogP) is 2.66. The van der Waals surface area contributed by atoms with Crippen LogP contribution in [0, 0.1) is 5.82 Å². The fourth-order valence-electron chi connectivity index (χ4n) is 3.99. The zero-order valence-electron chi connectivity index (χ0n) is 18.7. The van der Waals surface area contributed by atoms with Crippen LogP contribution in [0.2, 0.25) is 0 Å². The SMILES string of the molecule is C1CCNC1.Nc1cnc(-c2ccc(-c3ccccc3S(=O)(=O)N3CCC(O)C3)cc2F)cn1. The van der Waals surface area contributed by atoms with Crippen LogP contribution in [0.3, 0.4) is 0 Å². The second kappa shape index (κ2) is 10.6. The average Bonchev–Trinajstić information content (AvgIpc) is 3.55. The minimum atomic E-state index is -3.82. The molecule has 2 aliphatic heterocycles. The van der Waals surface area contributed by atoms with E-state index in [1.165, 1.54) is 60.8 Å². The normalized spacial score (nSPS) is 18.5. The molecule has 0 radical (unpaired) electrons. The molecule has 1 unspecified atom stereocenters. The van der Waals surface area contributed by atoms with Gasteiger partial charge < -0.3 is 16.2 Å². The van der Waals surface area contributed by atoms with Gasteiger partial charge in [-0.25, -0.2) is 17.8 Å². The summed E-state index contributed by atoms with van der Waals surface area (Å²) < 4.78 is 42.2. The number of hydrogen-bond donors (Lipinski definition) is 3. The molecule has 10 heteroatoms. The Labute approximate surface area is 198 Å². The van der Waals surface area contributed by atoms with E-state index in [-0.39, 0.29) is 29.4 Å². The topological polar surface area (TPSA) is 121 Å². The lowest BCUT2D eigenvalue weighted by molar-refractivity contribution is 0.189. The highest BCUT2D eigenvalue weighted by Gasteiger charge is 2.33. The number of benzene rings is 2. The van der Waals surface area contributed by atoms with Gasteiger partial charge in [0.2, 0.25) is 10.0 Å². The molecule has 3 heterocycles. The van der Waals surface area contributed by atoms with Crippen molar-refractivity contribution in [1.29, 1.82) is 0 Å². The first-order chi connectivity index (χ1) is 16.4. The van der Waals surface area contributed by atoms with Crippen LogP contribution in [0.5, 0.6) is 0 Å². The lowest BCUT2D eigenvalue weighted by Gasteiger charge is -2.18. The number of sulfonamides is 1. The van der Waals surface area contributed by atoms with E-state index in [9.17, 15) is 17.9 Å². The number of aliphatic hydroxyl groups is 1. The van der Waals surface area contributed by atoms with Gasteiger partial charge >= 0.3 is 0 Å². The van der Waals surface area contributed by atoms with E-state index in [0.29, 0.717) is 23.2 Å². The van der Waals surface area contributed by atoms with Gasteiger partial charge in [0, 0.05) is 24.2 Å². The van der Waals surface area contributed by atoms with Crippen molar-refractivity contribution in [3.63, 3.8) is 0 Å². The number of aromatic nitrogens is 2. The Hall–Kier alpha value is -2.92. The molecular weight excluding hydrogens is 457 g/mol. The van der Waals surface area contributed by atoms with Crippen LogP contribution in [0.1, 0.15) is 19.3 Å². The lowest BCUT2D eigenvalue weighted by Crippen LogP contribution is -2.30. The highest BCUT2D eigenvalue weighted by molar-refractivity contribution is 7.89. The maximum atomic E-state index is 14.8. The molecule has 0 amide bonds. The van der Waals surface area contributed by atoms with Crippen LogP contribution in [0.25, 0.3) is 22.4 Å². The molecule has 1 aromatic heterocycles. The molecule has 1 atom stereocenters. The number of halogens is 1. The fourth-order valence-corrected chi connectivity index (χ4v) is 5.70. The number of nitrogens with one attached hydrogen (secondary N) is 1. The Balaban J connectivity index is 0.000000486. The first kappa shape index (κ1) is 24.2. The fraction of sp³-hybridized carbons (Fsp3) is 0.333. The standard InChI is InChI=1S/C20H19FN4O3S.C4H9N/c21-17-9-13(5-6-16(17)18-10-24-20(22)11-23-18)15-3-1-2-4-19(15)29(27,28)25-8-7-14(26)12-25;1-2-4-5-3-1/h1-6,9-11,14,26H,7-8,12H2,(H2,22,24);5H,1-4H2. The summed E-state index contributed by atoms with van der Waals surface area (Å²) in [5.41, 5.74) is 6.90. The molecule has 34 heavy (non-hydrogen) atoms. The molecule has 0 bridgehead atoms. The van der Waals surface area contributed by atoms with Crippen LogP contribution in [0.15, 0.2) is 59.8 Å². The summed E-state index contributed by atoms with van der Waals surface area (Å²) in [6.45, 7) is 2.81. The average molecular weight is 486 g/mol. The third-order valence-corrected chi connectivity index (χ3v) is 7.74. The molecule has 180 valence electrons. The largest absolute Gasteiger partial charge is 0.392 e. The Bertz CT molecular complexity index is 1230. The second-order valence-electron chi connectivity index (χ2n) is 8.28. The zero-order valence-corrected chi connectivity index (χ0v) is 19.5.